The van der Waals surface area contributed by atoms with Crippen LogP contribution >= 0.6 is 0 Å². The van der Waals surface area contributed by atoms with Crippen molar-refractivity contribution in [3.63, 3.8) is 0 Å². The van der Waals surface area contributed by atoms with E-state index in [1.54, 1.807) is 6.07 Å². The molecule has 5 atom stereocenters. The Hall–Kier alpha value is -3.42. The van der Waals surface area contributed by atoms with Crippen LogP contribution in [0, 0.1) is 5.92 Å². The number of benzene rings is 3. The molecule has 3 aromatic rings. The first-order valence-electron chi connectivity index (χ1n) is 14.3. The molecule has 6 aliphatic rings. The Kier molecular flexibility index (Phi) is 4.14. The van der Waals surface area contributed by atoms with E-state index < -0.39 is 23.2 Å². The summed E-state index contributed by atoms with van der Waals surface area (Å²) in [6, 6.07) is 14.5. The van der Waals surface area contributed by atoms with Crippen LogP contribution in [0.25, 0.3) is 10.8 Å². The number of ether oxygens (including phenoxy) is 1. The van der Waals surface area contributed by atoms with Crippen LogP contribution in [0.15, 0.2) is 48.5 Å². The average Bonchev–Trinajstić information content (AvgIpc) is 3.63. The quantitative estimate of drug-likeness (QED) is 0.509. The number of phenolic OH excluding ortho intramolecular Hbond substituents is 1. The van der Waals surface area contributed by atoms with Crippen LogP contribution in [0.4, 0.5) is 0 Å². The molecule has 2 N–H and O–H groups in total. The fourth-order valence-electron chi connectivity index (χ4n) is 8.97. The maximum Gasteiger partial charge on any atom is 0.261 e. The van der Waals surface area contributed by atoms with Crippen molar-refractivity contribution in [3.8, 4) is 11.5 Å². The van der Waals surface area contributed by atoms with Gasteiger partial charge in [0.1, 0.15) is 6.10 Å². The van der Waals surface area contributed by atoms with E-state index in [9.17, 15) is 19.8 Å². The molecule has 7 nitrogen and oxygen atoms in total. The lowest BCUT2D eigenvalue weighted by molar-refractivity contribution is -0.196. The number of aromatic hydroxyl groups is 1. The largest absolute Gasteiger partial charge is 0.504 e. The Balaban J connectivity index is 1.18. The van der Waals surface area contributed by atoms with Gasteiger partial charge in [0.05, 0.1) is 28.2 Å². The molecule has 2 saturated carbocycles. The summed E-state index contributed by atoms with van der Waals surface area (Å²) in [5, 5.41) is 25.5. The molecular formula is C32H30N2O5. The highest BCUT2D eigenvalue weighted by atomic mass is 16.5. The standard InChI is InChI=1S/C32H30N2O5/c35-24-8-7-20-15-25-32(38)10-9-23(28-31(32,26(20)27(24)39-28)11-12-33(25)16-17-5-6-17)34-29(36)21-13-18-3-1-2-4-19(18)14-22(21)30(34)37/h1-4,7-8,13-14,17,23,25,28,35,38H,5-6,9-12,15-16H2/t23-,25+,28+,31+,32-/m1/s1. The van der Waals surface area contributed by atoms with Crippen LogP contribution in [-0.4, -0.2) is 68.7 Å². The van der Waals surface area contributed by atoms with Crippen molar-refractivity contribution in [2.45, 2.75) is 67.7 Å². The third-order valence-electron chi connectivity index (χ3n) is 10.8. The Labute approximate surface area is 226 Å². The number of rotatable bonds is 3. The van der Waals surface area contributed by atoms with Crippen LogP contribution < -0.4 is 4.74 Å². The molecule has 3 fully saturated rings. The maximum atomic E-state index is 13.9. The van der Waals surface area contributed by atoms with Gasteiger partial charge in [0.15, 0.2) is 11.5 Å². The van der Waals surface area contributed by atoms with Crippen LogP contribution in [0.5, 0.6) is 11.5 Å². The number of phenols is 1. The number of nitrogens with zero attached hydrogens (tertiary/aromatic N) is 2. The number of piperidine rings is 1. The van der Waals surface area contributed by atoms with Gasteiger partial charge in [-0.2, -0.15) is 0 Å². The van der Waals surface area contributed by atoms with E-state index >= 15 is 0 Å². The molecule has 2 bridgehead atoms. The van der Waals surface area contributed by atoms with Crippen molar-refractivity contribution in [1.82, 2.24) is 9.80 Å². The Morgan fingerprint density at radius 3 is 2.36 bits per heavy atom. The lowest BCUT2D eigenvalue weighted by atomic mass is 9.48. The van der Waals surface area contributed by atoms with Gasteiger partial charge in [-0.05, 0) is 85.5 Å². The number of amides is 2. The first-order chi connectivity index (χ1) is 18.9. The molecule has 9 rings (SSSR count). The molecule has 198 valence electrons. The van der Waals surface area contributed by atoms with E-state index in [1.165, 1.54) is 17.7 Å². The van der Waals surface area contributed by atoms with Gasteiger partial charge in [-0.15, -0.1) is 0 Å². The number of imide groups is 1. The average molecular weight is 523 g/mol. The molecule has 3 aliphatic carbocycles. The minimum atomic E-state index is -1.05. The van der Waals surface area contributed by atoms with Gasteiger partial charge in [0.2, 0.25) is 0 Å². The predicted molar refractivity (Wildman–Crippen MR) is 143 cm³/mol. The van der Waals surface area contributed by atoms with Gasteiger partial charge in [0, 0.05) is 18.2 Å². The van der Waals surface area contributed by atoms with Gasteiger partial charge >= 0.3 is 0 Å². The summed E-state index contributed by atoms with van der Waals surface area (Å²) in [5.74, 6) is 0.607. The van der Waals surface area contributed by atoms with Crippen molar-refractivity contribution in [2.75, 3.05) is 13.1 Å². The first-order valence-corrected chi connectivity index (χ1v) is 14.3. The van der Waals surface area contributed by atoms with Gasteiger partial charge in [-0.25, -0.2) is 0 Å². The third-order valence-corrected chi connectivity index (χ3v) is 10.8. The van der Waals surface area contributed by atoms with E-state index in [4.69, 9.17) is 4.74 Å². The van der Waals surface area contributed by atoms with E-state index in [0.29, 0.717) is 48.5 Å². The summed E-state index contributed by atoms with van der Waals surface area (Å²) in [4.78, 5) is 31.7. The van der Waals surface area contributed by atoms with E-state index in [0.717, 1.165) is 35.0 Å². The summed E-state index contributed by atoms with van der Waals surface area (Å²) in [5.41, 5.74) is 1.04. The number of hydrogen-bond donors (Lipinski definition) is 2. The molecule has 3 aliphatic heterocycles. The highest BCUT2D eigenvalue weighted by molar-refractivity contribution is 6.23. The molecule has 3 heterocycles. The zero-order valence-corrected chi connectivity index (χ0v) is 21.6. The third kappa shape index (κ3) is 2.61. The highest BCUT2D eigenvalue weighted by Gasteiger charge is 2.74. The number of likely N-dealkylation sites (tertiary alicyclic amines) is 1. The molecule has 3 aromatic carbocycles. The van der Waals surface area contributed by atoms with Crippen molar-refractivity contribution in [3.05, 3.63) is 70.8 Å². The Bertz CT molecular complexity index is 1580. The molecule has 2 amide bonds. The minimum Gasteiger partial charge on any atom is -0.504 e. The van der Waals surface area contributed by atoms with Crippen molar-refractivity contribution in [2.24, 2.45) is 5.92 Å². The highest BCUT2D eigenvalue weighted by Crippen LogP contribution is 2.66. The molecule has 1 saturated heterocycles. The van der Waals surface area contributed by atoms with Crippen LogP contribution in [0.2, 0.25) is 0 Å². The number of carbonyl (C=O) groups excluding carboxylic acids is 2. The molecule has 7 heteroatoms. The maximum absolute atomic E-state index is 13.9. The lowest BCUT2D eigenvalue weighted by Gasteiger charge is -2.64. The minimum absolute atomic E-state index is 0.0469. The fraction of sp³-hybridized carbons (Fsp3) is 0.438. The first kappa shape index (κ1) is 22.4. The van der Waals surface area contributed by atoms with Crippen LogP contribution in [0.3, 0.4) is 0 Å². The Morgan fingerprint density at radius 2 is 1.67 bits per heavy atom. The molecular weight excluding hydrogens is 492 g/mol. The zero-order chi connectivity index (χ0) is 26.3. The summed E-state index contributed by atoms with van der Waals surface area (Å²) in [7, 11) is 0. The summed E-state index contributed by atoms with van der Waals surface area (Å²) in [6.45, 7) is 1.84. The normalized spacial score (nSPS) is 34.3. The number of fused-ring (bicyclic) bond motifs is 2. The summed E-state index contributed by atoms with van der Waals surface area (Å²) < 4.78 is 6.63. The van der Waals surface area contributed by atoms with E-state index in [-0.39, 0.29) is 23.6 Å². The molecule has 0 aromatic heterocycles. The van der Waals surface area contributed by atoms with Gasteiger partial charge in [0.25, 0.3) is 11.8 Å². The van der Waals surface area contributed by atoms with Gasteiger partial charge in [-0.3, -0.25) is 19.4 Å². The predicted octanol–water partition coefficient (Wildman–Crippen LogP) is 3.77. The van der Waals surface area contributed by atoms with Gasteiger partial charge in [-0.1, -0.05) is 30.3 Å². The van der Waals surface area contributed by atoms with E-state index in [2.05, 4.69) is 4.90 Å². The zero-order valence-electron chi connectivity index (χ0n) is 21.6. The SMILES string of the molecule is O=C1c2cc3ccccc3cc2C(=O)N1[C@@H]1CC[C@@]2(O)[C@@H]3Cc4ccc(O)c5c4[C@@]2(CCN3CC2CC2)[C@H]1O5. The second-order valence-electron chi connectivity index (χ2n) is 12.6. The number of aliphatic hydroxyl groups is 1. The van der Waals surface area contributed by atoms with Crippen molar-refractivity contribution in [1.29, 1.82) is 0 Å². The molecule has 1 spiro atoms. The second kappa shape index (κ2) is 7.20. The van der Waals surface area contributed by atoms with E-state index in [1.807, 2.05) is 42.5 Å². The van der Waals surface area contributed by atoms with Crippen LogP contribution in [-0.2, 0) is 11.8 Å². The monoisotopic (exact) mass is 522 g/mol. The number of carbonyl (C=O) groups is 2. The van der Waals surface area contributed by atoms with Crippen molar-refractivity contribution < 1.29 is 24.5 Å². The Morgan fingerprint density at radius 1 is 0.949 bits per heavy atom. The molecule has 39 heavy (non-hydrogen) atoms. The molecule has 0 unspecified atom stereocenters. The topological polar surface area (TPSA) is 90.3 Å². The molecule has 0 radical (unpaired) electrons. The summed E-state index contributed by atoms with van der Waals surface area (Å²) in [6.07, 6.45) is 4.23. The smallest absolute Gasteiger partial charge is 0.261 e. The second-order valence-corrected chi connectivity index (χ2v) is 12.6. The van der Waals surface area contributed by atoms with Crippen LogP contribution in [0.1, 0.15) is 63.9 Å². The van der Waals surface area contributed by atoms with Crippen molar-refractivity contribution >= 4 is 22.6 Å². The summed E-state index contributed by atoms with van der Waals surface area (Å²) >= 11 is 0. The van der Waals surface area contributed by atoms with Gasteiger partial charge < -0.3 is 14.9 Å². The fourth-order valence-corrected chi connectivity index (χ4v) is 8.97. The lowest BCUT2D eigenvalue weighted by Crippen LogP contribution is -2.78. The number of hydrogen-bond acceptors (Lipinski definition) is 6.